The van der Waals surface area contributed by atoms with E-state index in [1.54, 1.807) is 11.7 Å². The molecule has 1 unspecified atom stereocenters. The summed E-state index contributed by atoms with van der Waals surface area (Å²) in [7, 11) is 1.61. The Morgan fingerprint density at radius 3 is 2.53 bits per heavy atom. The normalized spacial score (nSPS) is 11.9. The molecule has 5 rings (SSSR count). The molecule has 0 bridgehead atoms. The molecule has 0 saturated heterocycles. The molecule has 5 aromatic rings. The van der Waals surface area contributed by atoms with Crippen molar-refractivity contribution in [3.8, 4) is 11.4 Å². The van der Waals surface area contributed by atoms with Gasteiger partial charge in [-0.3, -0.25) is 9.36 Å². The smallest absolute Gasteiger partial charge is 0.263 e. The third kappa shape index (κ3) is 4.57. The molecule has 8 nitrogen and oxygen atoms in total. The molecule has 1 atom stereocenters. The van der Waals surface area contributed by atoms with E-state index in [2.05, 4.69) is 15.3 Å². The van der Waals surface area contributed by atoms with Crippen LogP contribution in [0.5, 0.6) is 5.75 Å². The Labute approximate surface area is 220 Å². The van der Waals surface area contributed by atoms with Gasteiger partial charge in [-0.25, -0.2) is 9.97 Å². The zero-order chi connectivity index (χ0) is 26.8. The number of nitrogen functional groups attached to an aromatic ring is 1. The van der Waals surface area contributed by atoms with Crippen LogP contribution in [-0.2, 0) is 6.54 Å². The molecule has 3 aromatic carbocycles. The van der Waals surface area contributed by atoms with Crippen LogP contribution >= 0.6 is 0 Å². The number of nitrogens with one attached hydrogen (secondary N) is 1. The van der Waals surface area contributed by atoms with Crippen molar-refractivity contribution in [1.29, 1.82) is 0 Å². The van der Waals surface area contributed by atoms with Crippen molar-refractivity contribution < 1.29 is 4.74 Å². The van der Waals surface area contributed by atoms with E-state index in [-0.39, 0.29) is 11.4 Å². The SMILES string of the molecule is COc1cccc(C(N)c2c(N)ncnc2NCc2cc3cccc(C)c3c(=O)n2-c2ccccc2C)c1. The average molecular weight is 507 g/mol. The van der Waals surface area contributed by atoms with Gasteiger partial charge in [-0.15, -0.1) is 0 Å². The monoisotopic (exact) mass is 506 g/mol. The summed E-state index contributed by atoms with van der Waals surface area (Å²) in [5, 5.41) is 4.97. The van der Waals surface area contributed by atoms with E-state index in [1.807, 2.05) is 86.6 Å². The lowest BCUT2D eigenvalue weighted by Gasteiger charge is -2.21. The number of hydrogen-bond donors (Lipinski definition) is 3. The van der Waals surface area contributed by atoms with Crippen LogP contribution in [0.2, 0.25) is 0 Å². The second kappa shape index (κ2) is 10.4. The second-order valence-corrected chi connectivity index (χ2v) is 9.23. The largest absolute Gasteiger partial charge is 0.497 e. The van der Waals surface area contributed by atoms with Crippen molar-refractivity contribution in [2.45, 2.75) is 26.4 Å². The van der Waals surface area contributed by atoms with E-state index in [0.29, 0.717) is 29.1 Å². The molecule has 8 heteroatoms. The Hall–Kier alpha value is -4.69. The van der Waals surface area contributed by atoms with E-state index >= 15 is 0 Å². The van der Waals surface area contributed by atoms with Crippen molar-refractivity contribution in [2.75, 3.05) is 18.2 Å². The first-order valence-corrected chi connectivity index (χ1v) is 12.3. The molecule has 0 aliphatic carbocycles. The number of methoxy groups -OCH3 is 1. The first-order valence-electron chi connectivity index (χ1n) is 12.3. The van der Waals surface area contributed by atoms with Crippen LogP contribution in [0, 0.1) is 13.8 Å². The van der Waals surface area contributed by atoms with E-state index in [0.717, 1.165) is 33.5 Å². The van der Waals surface area contributed by atoms with Gasteiger partial charge < -0.3 is 21.5 Å². The molecule has 0 aliphatic heterocycles. The fourth-order valence-electron chi connectivity index (χ4n) is 4.83. The number of aryl methyl sites for hydroxylation is 2. The number of benzene rings is 3. The molecule has 0 saturated carbocycles. The highest BCUT2D eigenvalue weighted by Crippen LogP contribution is 2.31. The first-order chi connectivity index (χ1) is 18.4. The number of fused-ring (bicyclic) bond motifs is 1. The summed E-state index contributed by atoms with van der Waals surface area (Å²) < 4.78 is 7.13. The maximum Gasteiger partial charge on any atom is 0.263 e. The topological polar surface area (TPSA) is 121 Å². The fourth-order valence-corrected chi connectivity index (χ4v) is 4.83. The molecule has 192 valence electrons. The van der Waals surface area contributed by atoms with Crippen molar-refractivity contribution in [3.05, 3.63) is 117 Å². The number of nitrogens with two attached hydrogens (primary N) is 2. The third-order valence-electron chi connectivity index (χ3n) is 6.80. The number of rotatable bonds is 7. The van der Waals surface area contributed by atoms with E-state index in [4.69, 9.17) is 16.2 Å². The van der Waals surface area contributed by atoms with E-state index in [9.17, 15) is 4.79 Å². The van der Waals surface area contributed by atoms with Crippen LogP contribution in [0.3, 0.4) is 0 Å². The molecule has 0 aliphatic rings. The minimum Gasteiger partial charge on any atom is -0.497 e. The van der Waals surface area contributed by atoms with Crippen molar-refractivity contribution in [2.24, 2.45) is 5.73 Å². The summed E-state index contributed by atoms with van der Waals surface area (Å²) in [5.41, 5.74) is 17.8. The number of anilines is 2. The minimum absolute atomic E-state index is 0.0674. The number of aromatic nitrogens is 3. The first kappa shape index (κ1) is 25.0. The summed E-state index contributed by atoms with van der Waals surface area (Å²) in [4.78, 5) is 22.5. The fraction of sp³-hybridized carbons (Fsp3) is 0.167. The van der Waals surface area contributed by atoms with E-state index < -0.39 is 6.04 Å². The van der Waals surface area contributed by atoms with Crippen molar-refractivity contribution in [1.82, 2.24) is 14.5 Å². The summed E-state index contributed by atoms with van der Waals surface area (Å²) >= 11 is 0. The lowest BCUT2D eigenvalue weighted by Crippen LogP contribution is -2.25. The molecule has 0 amide bonds. The third-order valence-corrected chi connectivity index (χ3v) is 6.80. The summed E-state index contributed by atoms with van der Waals surface area (Å²) in [6, 6.07) is 22.7. The van der Waals surface area contributed by atoms with Gasteiger partial charge in [-0.05, 0) is 60.2 Å². The molecule has 2 heterocycles. The molecule has 38 heavy (non-hydrogen) atoms. The Morgan fingerprint density at radius 2 is 1.74 bits per heavy atom. The van der Waals surface area contributed by atoms with Gasteiger partial charge in [0, 0.05) is 5.69 Å². The average Bonchev–Trinajstić information content (AvgIpc) is 2.92. The molecule has 0 radical (unpaired) electrons. The Balaban J connectivity index is 1.60. The number of nitrogens with zero attached hydrogens (tertiary/aromatic N) is 3. The Morgan fingerprint density at radius 1 is 0.974 bits per heavy atom. The van der Waals surface area contributed by atoms with Gasteiger partial charge in [-0.2, -0.15) is 0 Å². The molecule has 0 fully saturated rings. The van der Waals surface area contributed by atoms with Gasteiger partial charge in [0.05, 0.1) is 36.3 Å². The molecule has 5 N–H and O–H groups in total. The maximum absolute atomic E-state index is 13.9. The van der Waals surface area contributed by atoms with Crippen molar-refractivity contribution >= 4 is 22.4 Å². The highest BCUT2D eigenvalue weighted by atomic mass is 16.5. The lowest BCUT2D eigenvalue weighted by molar-refractivity contribution is 0.414. The molecular weight excluding hydrogens is 476 g/mol. The Kier molecular flexibility index (Phi) is 6.81. The maximum atomic E-state index is 13.9. The lowest BCUT2D eigenvalue weighted by atomic mass is 10.00. The van der Waals surface area contributed by atoms with Gasteiger partial charge in [-0.1, -0.05) is 48.5 Å². The zero-order valence-corrected chi connectivity index (χ0v) is 21.6. The van der Waals surface area contributed by atoms with E-state index in [1.165, 1.54) is 6.33 Å². The molecule has 2 aromatic heterocycles. The molecule has 0 spiro atoms. The predicted octanol–water partition coefficient (Wildman–Crippen LogP) is 4.65. The van der Waals surface area contributed by atoms with Crippen molar-refractivity contribution in [3.63, 3.8) is 0 Å². The number of hydrogen-bond acceptors (Lipinski definition) is 7. The quantitative estimate of drug-likeness (QED) is 0.294. The number of pyridine rings is 1. The summed E-state index contributed by atoms with van der Waals surface area (Å²) in [6.07, 6.45) is 1.40. The van der Waals surface area contributed by atoms with Gasteiger partial charge in [0.1, 0.15) is 23.7 Å². The van der Waals surface area contributed by atoms with Gasteiger partial charge in [0.15, 0.2) is 0 Å². The number of ether oxygens (including phenoxy) is 1. The summed E-state index contributed by atoms with van der Waals surface area (Å²) in [6.45, 7) is 4.26. The Bertz CT molecular complexity index is 1690. The standard InChI is InChI=1S/C30H30N6O2/c1-18-8-4-5-13-24(18)36-22(14-20-10-6-9-19(2)25(20)30(36)37)16-33-29-26(28(32)34-17-35-29)27(31)21-11-7-12-23(15-21)38-3/h4-15,17,27H,16,31H2,1-3H3,(H3,32,33,34,35). The van der Waals surface area contributed by atoms with Gasteiger partial charge >= 0.3 is 0 Å². The van der Waals surface area contributed by atoms with Gasteiger partial charge in [0.2, 0.25) is 0 Å². The molecular formula is C30H30N6O2. The van der Waals surface area contributed by atoms with Crippen LogP contribution in [0.15, 0.2) is 83.9 Å². The minimum atomic E-state index is -0.591. The van der Waals surface area contributed by atoms with Gasteiger partial charge in [0.25, 0.3) is 5.56 Å². The highest BCUT2D eigenvalue weighted by molar-refractivity contribution is 5.85. The van der Waals surface area contributed by atoms with Crippen LogP contribution in [0.25, 0.3) is 16.5 Å². The number of para-hydroxylation sites is 1. The zero-order valence-electron chi connectivity index (χ0n) is 21.6. The summed E-state index contributed by atoms with van der Waals surface area (Å²) in [5.74, 6) is 1.47. The van der Waals surface area contributed by atoms with Crippen LogP contribution in [-0.4, -0.2) is 21.6 Å². The van der Waals surface area contributed by atoms with Crippen LogP contribution in [0.4, 0.5) is 11.6 Å². The highest BCUT2D eigenvalue weighted by Gasteiger charge is 2.20. The van der Waals surface area contributed by atoms with Crippen LogP contribution < -0.4 is 27.1 Å². The second-order valence-electron chi connectivity index (χ2n) is 9.23. The van der Waals surface area contributed by atoms with Crippen LogP contribution in [0.1, 0.15) is 34.0 Å². The predicted molar refractivity (Wildman–Crippen MR) is 152 cm³/mol.